The lowest BCUT2D eigenvalue weighted by atomic mass is 10.1. The first-order chi connectivity index (χ1) is 8.88. The van der Waals surface area contributed by atoms with Crippen LogP contribution in [0.1, 0.15) is 0 Å². The number of hydrogen-bond donors (Lipinski definition) is 0. The van der Waals surface area contributed by atoms with Crippen molar-refractivity contribution in [2.75, 3.05) is 14.2 Å². The molecule has 0 aliphatic carbocycles. The second-order valence-corrected chi connectivity index (χ2v) is 6.69. The normalized spacial score (nSPS) is 11.6. The molecule has 7 heteroatoms. The van der Waals surface area contributed by atoms with Gasteiger partial charge in [-0.3, -0.25) is 0 Å². The average molecular weight is 321 g/mol. The summed E-state index contributed by atoms with van der Waals surface area (Å²) in [6.07, 6.45) is 0. The van der Waals surface area contributed by atoms with E-state index in [1.54, 1.807) is 12.1 Å². The van der Waals surface area contributed by atoms with Crippen LogP contribution in [0.5, 0.6) is 11.5 Å². The van der Waals surface area contributed by atoms with Crippen LogP contribution in [0.2, 0.25) is 5.02 Å². The number of ether oxygens (including phenoxy) is 2. The molecule has 2 aromatic rings. The summed E-state index contributed by atoms with van der Waals surface area (Å²) in [6.45, 7) is 0. The SMILES string of the molecule is COc1cc2cc(S(=O)(=O)Cl)ccc2c(Cl)c1OC. The fraction of sp³-hybridized carbons (Fsp3) is 0.167. The molecule has 0 amide bonds. The van der Waals surface area contributed by atoms with Crippen LogP contribution in [-0.4, -0.2) is 22.6 Å². The Kier molecular flexibility index (Phi) is 3.80. The minimum Gasteiger partial charge on any atom is -0.493 e. The first-order valence-electron chi connectivity index (χ1n) is 5.17. The van der Waals surface area contributed by atoms with Crippen LogP contribution in [-0.2, 0) is 9.05 Å². The summed E-state index contributed by atoms with van der Waals surface area (Å²) < 4.78 is 33.0. The smallest absolute Gasteiger partial charge is 0.261 e. The van der Waals surface area contributed by atoms with E-state index < -0.39 is 9.05 Å². The van der Waals surface area contributed by atoms with E-state index in [0.717, 1.165) is 0 Å². The summed E-state index contributed by atoms with van der Waals surface area (Å²) in [5, 5.41) is 1.61. The van der Waals surface area contributed by atoms with E-state index in [4.69, 9.17) is 31.8 Å². The Morgan fingerprint density at radius 3 is 2.32 bits per heavy atom. The number of methoxy groups -OCH3 is 2. The summed E-state index contributed by atoms with van der Waals surface area (Å²) in [6, 6.07) is 6.05. The van der Waals surface area contributed by atoms with Gasteiger partial charge in [0, 0.05) is 16.1 Å². The van der Waals surface area contributed by atoms with E-state index >= 15 is 0 Å². The Morgan fingerprint density at radius 1 is 1.11 bits per heavy atom. The molecule has 0 fully saturated rings. The zero-order valence-electron chi connectivity index (χ0n) is 10.1. The molecule has 2 aromatic carbocycles. The molecule has 4 nitrogen and oxygen atoms in total. The van der Waals surface area contributed by atoms with Crippen LogP contribution in [0.15, 0.2) is 29.2 Å². The molecule has 0 bridgehead atoms. The van der Waals surface area contributed by atoms with Crippen molar-refractivity contribution in [2.45, 2.75) is 4.90 Å². The van der Waals surface area contributed by atoms with Gasteiger partial charge in [-0.25, -0.2) is 8.42 Å². The van der Waals surface area contributed by atoms with Crippen molar-refractivity contribution < 1.29 is 17.9 Å². The second-order valence-electron chi connectivity index (χ2n) is 3.75. The predicted molar refractivity (Wildman–Crippen MR) is 75.1 cm³/mol. The van der Waals surface area contributed by atoms with Gasteiger partial charge in [-0.2, -0.15) is 0 Å². The zero-order chi connectivity index (χ0) is 14.2. The summed E-state index contributed by atoms with van der Waals surface area (Å²) in [5.41, 5.74) is 0. The number of hydrogen-bond acceptors (Lipinski definition) is 4. The lowest BCUT2D eigenvalue weighted by Gasteiger charge is -2.12. The van der Waals surface area contributed by atoms with E-state index in [1.807, 2.05) is 0 Å². The topological polar surface area (TPSA) is 52.6 Å². The molecule has 0 aromatic heterocycles. The van der Waals surface area contributed by atoms with Gasteiger partial charge in [-0.1, -0.05) is 17.7 Å². The standard InChI is InChI=1S/C12H10Cl2O4S/c1-17-10-6-7-5-8(19(14,15)16)3-4-9(7)11(13)12(10)18-2/h3-6H,1-2H3. The summed E-state index contributed by atoms with van der Waals surface area (Å²) in [4.78, 5) is 0.00459. The summed E-state index contributed by atoms with van der Waals surface area (Å²) in [7, 11) is 4.48. The fourth-order valence-corrected chi connectivity index (χ4v) is 2.92. The summed E-state index contributed by atoms with van der Waals surface area (Å²) in [5.74, 6) is 0.822. The Morgan fingerprint density at radius 2 is 1.79 bits per heavy atom. The van der Waals surface area contributed by atoms with Crippen molar-refractivity contribution in [2.24, 2.45) is 0 Å². The molecule has 0 aliphatic rings. The molecule has 0 atom stereocenters. The van der Waals surface area contributed by atoms with Crippen molar-refractivity contribution in [3.05, 3.63) is 29.3 Å². The molecule has 0 saturated carbocycles. The summed E-state index contributed by atoms with van der Waals surface area (Å²) >= 11 is 6.20. The van der Waals surface area contributed by atoms with Crippen molar-refractivity contribution in [1.82, 2.24) is 0 Å². The van der Waals surface area contributed by atoms with Gasteiger partial charge in [0.05, 0.1) is 24.1 Å². The Hall–Kier alpha value is -1.17. The minimum absolute atomic E-state index is 0.00459. The van der Waals surface area contributed by atoms with Gasteiger partial charge in [-0.15, -0.1) is 0 Å². The minimum atomic E-state index is -3.79. The van der Waals surface area contributed by atoms with E-state index in [2.05, 4.69) is 0 Å². The molecule has 2 rings (SSSR count). The van der Waals surface area contributed by atoms with Gasteiger partial charge in [0.2, 0.25) is 0 Å². The zero-order valence-corrected chi connectivity index (χ0v) is 12.4. The van der Waals surface area contributed by atoms with E-state index in [1.165, 1.54) is 26.4 Å². The number of benzene rings is 2. The highest BCUT2D eigenvalue weighted by atomic mass is 35.7. The largest absolute Gasteiger partial charge is 0.493 e. The highest BCUT2D eigenvalue weighted by Crippen LogP contribution is 2.41. The predicted octanol–water partition coefficient (Wildman–Crippen LogP) is 3.44. The van der Waals surface area contributed by atoms with Crippen molar-refractivity contribution >= 4 is 42.1 Å². The second kappa shape index (κ2) is 5.07. The van der Waals surface area contributed by atoms with Gasteiger partial charge >= 0.3 is 0 Å². The maximum atomic E-state index is 11.3. The molecule has 0 aliphatic heterocycles. The Labute approximate surface area is 120 Å². The third-order valence-corrected chi connectivity index (χ3v) is 4.40. The van der Waals surface area contributed by atoms with Gasteiger partial charge in [-0.05, 0) is 23.6 Å². The van der Waals surface area contributed by atoms with Crippen LogP contribution in [0.25, 0.3) is 10.8 Å². The van der Waals surface area contributed by atoms with E-state index in [0.29, 0.717) is 27.3 Å². The van der Waals surface area contributed by atoms with Gasteiger partial charge in [0.1, 0.15) is 0 Å². The molecule has 0 unspecified atom stereocenters. The van der Waals surface area contributed by atoms with Crippen LogP contribution in [0, 0.1) is 0 Å². The maximum Gasteiger partial charge on any atom is 0.261 e. The van der Waals surface area contributed by atoms with Crippen LogP contribution in [0.4, 0.5) is 0 Å². The molecular formula is C12H10Cl2O4S. The quantitative estimate of drug-likeness (QED) is 0.813. The number of fused-ring (bicyclic) bond motifs is 1. The third-order valence-electron chi connectivity index (χ3n) is 2.67. The van der Waals surface area contributed by atoms with Crippen LogP contribution >= 0.6 is 22.3 Å². The first kappa shape index (κ1) is 14.2. The Balaban J connectivity index is 2.81. The third kappa shape index (κ3) is 2.59. The first-order valence-corrected chi connectivity index (χ1v) is 7.86. The molecule has 0 spiro atoms. The highest BCUT2D eigenvalue weighted by Gasteiger charge is 2.16. The molecule has 0 saturated heterocycles. The molecule has 102 valence electrons. The van der Waals surface area contributed by atoms with Crippen molar-refractivity contribution in [1.29, 1.82) is 0 Å². The van der Waals surface area contributed by atoms with Gasteiger partial charge in [0.25, 0.3) is 9.05 Å². The molecular weight excluding hydrogens is 311 g/mol. The van der Waals surface area contributed by atoms with Crippen molar-refractivity contribution in [3.8, 4) is 11.5 Å². The van der Waals surface area contributed by atoms with E-state index in [-0.39, 0.29) is 4.90 Å². The van der Waals surface area contributed by atoms with Crippen LogP contribution in [0.3, 0.4) is 0 Å². The molecule has 19 heavy (non-hydrogen) atoms. The molecule has 0 N–H and O–H groups in total. The Bertz CT molecular complexity index is 741. The monoisotopic (exact) mass is 320 g/mol. The number of halogens is 2. The highest BCUT2D eigenvalue weighted by molar-refractivity contribution is 8.13. The molecule has 0 heterocycles. The number of rotatable bonds is 3. The van der Waals surface area contributed by atoms with Gasteiger partial charge in [0.15, 0.2) is 11.5 Å². The fourth-order valence-electron chi connectivity index (χ4n) is 1.79. The van der Waals surface area contributed by atoms with E-state index in [9.17, 15) is 8.42 Å². The van der Waals surface area contributed by atoms with Gasteiger partial charge < -0.3 is 9.47 Å². The van der Waals surface area contributed by atoms with Crippen molar-refractivity contribution in [3.63, 3.8) is 0 Å². The maximum absolute atomic E-state index is 11.3. The van der Waals surface area contributed by atoms with Crippen LogP contribution < -0.4 is 9.47 Å². The lowest BCUT2D eigenvalue weighted by molar-refractivity contribution is 0.356. The molecule has 0 radical (unpaired) electrons. The average Bonchev–Trinajstić information content (AvgIpc) is 2.36. The lowest BCUT2D eigenvalue weighted by Crippen LogP contribution is -1.94.